The largest absolute Gasteiger partial charge is 0.311 e. The molecule has 0 aliphatic rings. The van der Waals surface area contributed by atoms with E-state index in [-0.39, 0.29) is 0 Å². The number of anilines is 3. The average molecular weight is 574 g/mol. The summed E-state index contributed by atoms with van der Waals surface area (Å²) in [6, 6.07) is 67.5. The molecule has 0 saturated carbocycles. The van der Waals surface area contributed by atoms with Crippen LogP contribution in [0.25, 0.3) is 54.9 Å². The molecule has 0 atom stereocenters. The second-order valence-electron chi connectivity index (χ2n) is 11.3. The van der Waals surface area contributed by atoms with Crippen LogP contribution in [0.4, 0.5) is 17.1 Å². The SMILES string of the molecule is c1ccc(-c2c(-c3ccccc3)c3cc(-c4ccc(N(c5ccccc5)c5ccccc5)cc4)ccc3c3ccccc23)cc1. The molecule has 1 nitrogen and oxygen atoms in total. The molecule has 0 bridgehead atoms. The van der Waals surface area contributed by atoms with E-state index >= 15 is 0 Å². The standard InChI is InChI=1S/C44H31N/c1-5-15-33(16-6-1)43-41-24-14-13-23-39(41)40-30-27-35(31-42(40)44(43)34-17-7-2-8-18-34)32-25-28-38(29-26-32)45(36-19-9-3-10-20-36)37-21-11-4-12-22-37/h1-31H. The summed E-state index contributed by atoms with van der Waals surface area (Å²) in [5, 5.41) is 5.07. The number of para-hydroxylation sites is 2. The van der Waals surface area contributed by atoms with Crippen LogP contribution in [0.2, 0.25) is 0 Å². The van der Waals surface area contributed by atoms with Crippen molar-refractivity contribution in [3.63, 3.8) is 0 Å². The quantitative estimate of drug-likeness (QED) is 0.179. The van der Waals surface area contributed by atoms with Gasteiger partial charge in [0.05, 0.1) is 0 Å². The lowest BCUT2D eigenvalue weighted by molar-refractivity contribution is 1.28. The zero-order chi connectivity index (χ0) is 30.0. The Morgan fingerprint density at radius 2 is 0.644 bits per heavy atom. The van der Waals surface area contributed by atoms with Gasteiger partial charge in [-0.25, -0.2) is 0 Å². The summed E-state index contributed by atoms with van der Waals surface area (Å²) in [4.78, 5) is 2.30. The van der Waals surface area contributed by atoms with Crippen molar-refractivity contribution < 1.29 is 0 Å². The highest BCUT2D eigenvalue weighted by Gasteiger charge is 2.18. The number of hydrogen-bond acceptors (Lipinski definition) is 1. The van der Waals surface area contributed by atoms with Crippen molar-refractivity contribution in [1.29, 1.82) is 0 Å². The average Bonchev–Trinajstić information content (AvgIpc) is 3.13. The van der Waals surface area contributed by atoms with Crippen molar-refractivity contribution in [3.8, 4) is 33.4 Å². The Labute approximate surface area is 264 Å². The van der Waals surface area contributed by atoms with Gasteiger partial charge in [-0.05, 0) is 97.4 Å². The van der Waals surface area contributed by atoms with Crippen molar-refractivity contribution in [2.75, 3.05) is 4.90 Å². The van der Waals surface area contributed by atoms with Crippen molar-refractivity contribution in [3.05, 3.63) is 188 Å². The van der Waals surface area contributed by atoms with E-state index in [4.69, 9.17) is 0 Å². The zero-order valence-electron chi connectivity index (χ0n) is 24.8. The highest BCUT2D eigenvalue weighted by atomic mass is 15.1. The monoisotopic (exact) mass is 573 g/mol. The highest BCUT2D eigenvalue weighted by Crippen LogP contribution is 2.45. The molecule has 0 radical (unpaired) electrons. The van der Waals surface area contributed by atoms with Crippen LogP contribution in [-0.2, 0) is 0 Å². The van der Waals surface area contributed by atoms with E-state index in [1.54, 1.807) is 0 Å². The minimum Gasteiger partial charge on any atom is -0.311 e. The Bertz CT molecular complexity index is 2180. The van der Waals surface area contributed by atoms with Crippen LogP contribution in [-0.4, -0.2) is 0 Å². The van der Waals surface area contributed by atoms with E-state index in [0.29, 0.717) is 0 Å². The van der Waals surface area contributed by atoms with Gasteiger partial charge in [0, 0.05) is 17.1 Å². The Hall–Kier alpha value is -5.92. The molecule has 45 heavy (non-hydrogen) atoms. The van der Waals surface area contributed by atoms with Gasteiger partial charge < -0.3 is 4.90 Å². The van der Waals surface area contributed by atoms with Crippen LogP contribution >= 0.6 is 0 Å². The maximum absolute atomic E-state index is 2.39. The van der Waals surface area contributed by atoms with Crippen molar-refractivity contribution in [2.24, 2.45) is 0 Å². The first-order valence-corrected chi connectivity index (χ1v) is 15.5. The number of benzene rings is 8. The van der Waals surface area contributed by atoms with Gasteiger partial charge in [-0.15, -0.1) is 0 Å². The van der Waals surface area contributed by atoms with E-state index in [2.05, 4.69) is 193 Å². The number of rotatable bonds is 6. The van der Waals surface area contributed by atoms with Crippen molar-refractivity contribution >= 4 is 38.6 Å². The fourth-order valence-corrected chi connectivity index (χ4v) is 6.58. The van der Waals surface area contributed by atoms with Gasteiger partial charge >= 0.3 is 0 Å². The van der Waals surface area contributed by atoms with E-state index in [1.807, 2.05) is 0 Å². The van der Waals surface area contributed by atoms with Crippen molar-refractivity contribution in [2.45, 2.75) is 0 Å². The maximum atomic E-state index is 2.39. The third-order valence-electron chi connectivity index (χ3n) is 8.64. The Balaban J connectivity index is 1.32. The zero-order valence-corrected chi connectivity index (χ0v) is 24.8. The van der Waals surface area contributed by atoms with Gasteiger partial charge in [-0.1, -0.05) is 146 Å². The maximum Gasteiger partial charge on any atom is 0.0462 e. The van der Waals surface area contributed by atoms with Crippen LogP contribution < -0.4 is 4.90 Å². The third-order valence-corrected chi connectivity index (χ3v) is 8.64. The second kappa shape index (κ2) is 11.6. The lowest BCUT2D eigenvalue weighted by Crippen LogP contribution is -2.09. The van der Waals surface area contributed by atoms with Crippen LogP contribution in [0.15, 0.2) is 188 Å². The molecule has 8 aromatic carbocycles. The van der Waals surface area contributed by atoms with Crippen LogP contribution in [0, 0.1) is 0 Å². The molecule has 0 aliphatic heterocycles. The molecule has 0 amide bonds. The summed E-state index contributed by atoms with van der Waals surface area (Å²) < 4.78 is 0. The van der Waals surface area contributed by atoms with Gasteiger partial charge in [-0.3, -0.25) is 0 Å². The minimum absolute atomic E-state index is 1.12. The smallest absolute Gasteiger partial charge is 0.0462 e. The molecule has 1 heteroatoms. The fraction of sp³-hybridized carbons (Fsp3) is 0. The van der Waals surface area contributed by atoms with Gasteiger partial charge in [0.2, 0.25) is 0 Å². The molecule has 0 aromatic heterocycles. The van der Waals surface area contributed by atoms with E-state index < -0.39 is 0 Å². The summed E-state index contributed by atoms with van der Waals surface area (Å²) in [5.74, 6) is 0. The molecule has 0 saturated heterocycles. The molecular formula is C44H31N. The molecule has 8 aromatic rings. The second-order valence-corrected chi connectivity index (χ2v) is 11.3. The topological polar surface area (TPSA) is 3.24 Å². The summed E-state index contributed by atoms with van der Waals surface area (Å²) in [6.45, 7) is 0. The molecule has 212 valence electrons. The molecule has 0 unspecified atom stereocenters. The summed E-state index contributed by atoms with van der Waals surface area (Å²) in [5.41, 5.74) is 10.8. The summed E-state index contributed by atoms with van der Waals surface area (Å²) >= 11 is 0. The van der Waals surface area contributed by atoms with Gasteiger partial charge in [0.1, 0.15) is 0 Å². The van der Waals surface area contributed by atoms with Gasteiger partial charge in [0.15, 0.2) is 0 Å². The van der Waals surface area contributed by atoms with Crippen LogP contribution in [0.1, 0.15) is 0 Å². The molecular weight excluding hydrogens is 542 g/mol. The number of hydrogen-bond donors (Lipinski definition) is 0. The Morgan fingerprint density at radius 1 is 0.244 bits per heavy atom. The van der Waals surface area contributed by atoms with Crippen molar-refractivity contribution in [1.82, 2.24) is 0 Å². The normalized spacial score (nSPS) is 11.1. The highest BCUT2D eigenvalue weighted by molar-refractivity contribution is 6.22. The fourth-order valence-electron chi connectivity index (χ4n) is 6.58. The van der Waals surface area contributed by atoms with E-state index in [0.717, 1.165) is 17.1 Å². The third kappa shape index (κ3) is 4.95. The van der Waals surface area contributed by atoms with E-state index in [9.17, 15) is 0 Å². The van der Waals surface area contributed by atoms with Gasteiger partial charge in [-0.2, -0.15) is 0 Å². The minimum atomic E-state index is 1.12. The first kappa shape index (κ1) is 26.7. The predicted octanol–water partition coefficient (Wildman–Crippen LogP) is 12.5. The first-order valence-electron chi connectivity index (χ1n) is 15.5. The number of fused-ring (bicyclic) bond motifs is 3. The van der Waals surface area contributed by atoms with E-state index in [1.165, 1.54) is 54.9 Å². The summed E-state index contributed by atoms with van der Waals surface area (Å²) in [7, 11) is 0. The number of nitrogens with zero attached hydrogens (tertiary/aromatic N) is 1. The van der Waals surface area contributed by atoms with Gasteiger partial charge in [0.25, 0.3) is 0 Å². The van der Waals surface area contributed by atoms with Crippen LogP contribution in [0.3, 0.4) is 0 Å². The molecule has 0 aliphatic carbocycles. The molecule has 0 fully saturated rings. The molecule has 0 heterocycles. The predicted molar refractivity (Wildman–Crippen MR) is 192 cm³/mol. The molecule has 8 rings (SSSR count). The molecule has 0 N–H and O–H groups in total. The summed E-state index contributed by atoms with van der Waals surface area (Å²) in [6.07, 6.45) is 0. The van der Waals surface area contributed by atoms with Crippen LogP contribution in [0.5, 0.6) is 0 Å². The lowest BCUT2D eigenvalue weighted by atomic mass is 9.84. The Morgan fingerprint density at radius 3 is 1.20 bits per heavy atom. The first-order chi connectivity index (χ1) is 22.3. The molecule has 0 spiro atoms. The lowest BCUT2D eigenvalue weighted by Gasteiger charge is -2.25. The Kier molecular flexibility index (Phi) is 6.90.